The van der Waals surface area contributed by atoms with Gasteiger partial charge in [-0.1, -0.05) is 13.0 Å². The molecule has 0 saturated heterocycles. The first kappa shape index (κ1) is 23.0. The Kier molecular flexibility index (Phi) is 12.3. The Bertz CT molecular complexity index is 514. The number of aliphatic hydroxyl groups is 2. The molecule has 1 rings (SSSR count). The first-order valence-electron chi connectivity index (χ1n) is 8.17. The number of aliphatic hydroxyl groups excluding tert-OH is 2. The molecule has 0 aliphatic heterocycles. The van der Waals surface area contributed by atoms with Crippen molar-refractivity contribution in [2.75, 3.05) is 26.9 Å². The van der Waals surface area contributed by atoms with Gasteiger partial charge in [-0.15, -0.1) is 0 Å². The largest absolute Gasteiger partial charge is 0.465 e. The van der Waals surface area contributed by atoms with Crippen molar-refractivity contribution in [3.8, 4) is 0 Å². The van der Waals surface area contributed by atoms with Crippen LogP contribution in [0.4, 0.5) is 0 Å². The molecule has 1 aromatic rings. The number of aryl methyl sites for hydroxylation is 1. The molecule has 0 bridgehead atoms. The predicted octanol–water partition coefficient (Wildman–Crippen LogP) is 1.65. The third-order valence-corrected chi connectivity index (χ3v) is 3.49. The molecule has 142 valence electrons. The number of esters is 1. The minimum atomic E-state index is -1.44. The fourth-order valence-electron chi connectivity index (χ4n) is 2.22. The maximum atomic E-state index is 11.5. The normalized spacial score (nSPS) is 12.4. The van der Waals surface area contributed by atoms with Crippen LogP contribution in [0.3, 0.4) is 0 Å². The molecule has 0 aliphatic carbocycles. The van der Waals surface area contributed by atoms with Crippen LogP contribution in [0.2, 0.25) is 0 Å². The van der Waals surface area contributed by atoms with E-state index in [0.29, 0.717) is 17.5 Å². The average Bonchev–Trinajstić information content (AvgIpc) is 2.63. The molecule has 0 radical (unpaired) electrons. The quantitative estimate of drug-likeness (QED) is 0.394. The summed E-state index contributed by atoms with van der Waals surface area (Å²) in [7, 11) is 1.29. The number of rotatable bonds is 9. The van der Waals surface area contributed by atoms with E-state index in [2.05, 4.69) is 9.47 Å². The Labute approximate surface area is 148 Å². The number of carbonyl (C=O) groups excluding carboxylic acids is 2. The zero-order chi connectivity index (χ0) is 19.2. The standard InChI is InChI=1S/C14H18O6.C4H10O/c1-3-9-6-10(13(17)19-2)4-5-11(9)12(7-15)14(18)20-8-16;1-3-5-4-2/h4-6,8,12,14-15,18H,3,7H2,1-2H3;3-4H2,1-2H3. The smallest absolute Gasteiger partial charge is 0.337 e. The molecule has 7 nitrogen and oxygen atoms in total. The van der Waals surface area contributed by atoms with Crippen LogP contribution >= 0.6 is 0 Å². The van der Waals surface area contributed by atoms with E-state index >= 15 is 0 Å². The zero-order valence-corrected chi connectivity index (χ0v) is 15.2. The van der Waals surface area contributed by atoms with E-state index in [4.69, 9.17) is 4.74 Å². The van der Waals surface area contributed by atoms with Gasteiger partial charge in [-0.3, -0.25) is 4.79 Å². The molecule has 0 saturated carbocycles. The zero-order valence-electron chi connectivity index (χ0n) is 15.2. The predicted molar refractivity (Wildman–Crippen MR) is 92.3 cm³/mol. The minimum absolute atomic E-state index is 0.127. The van der Waals surface area contributed by atoms with Gasteiger partial charge in [-0.25, -0.2) is 4.79 Å². The highest BCUT2D eigenvalue weighted by atomic mass is 16.6. The molecule has 25 heavy (non-hydrogen) atoms. The maximum absolute atomic E-state index is 11.5. The lowest BCUT2D eigenvalue weighted by atomic mass is 9.91. The maximum Gasteiger partial charge on any atom is 0.337 e. The lowest BCUT2D eigenvalue weighted by Gasteiger charge is -2.22. The summed E-state index contributed by atoms with van der Waals surface area (Å²) in [5, 5.41) is 19.1. The molecule has 0 spiro atoms. The summed E-state index contributed by atoms with van der Waals surface area (Å²) in [6, 6.07) is 4.79. The summed E-state index contributed by atoms with van der Waals surface area (Å²) >= 11 is 0. The van der Waals surface area contributed by atoms with E-state index in [0.717, 1.165) is 18.8 Å². The van der Waals surface area contributed by atoms with Gasteiger partial charge < -0.3 is 24.4 Å². The van der Waals surface area contributed by atoms with E-state index in [-0.39, 0.29) is 13.1 Å². The summed E-state index contributed by atoms with van der Waals surface area (Å²) in [5.41, 5.74) is 1.77. The van der Waals surface area contributed by atoms with Gasteiger partial charge >= 0.3 is 5.97 Å². The number of carbonyl (C=O) groups is 2. The fraction of sp³-hybridized carbons (Fsp3) is 0.556. The van der Waals surface area contributed by atoms with Crippen LogP contribution in [0.25, 0.3) is 0 Å². The van der Waals surface area contributed by atoms with Gasteiger partial charge in [0.15, 0.2) is 0 Å². The molecule has 0 fully saturated rings. The van der Waals surface area contributed by atoms with E-state index in [1.165, 1.54) is 13.2 Å². The van der Waals surface area contributed by atoms with Gasteiger partial charge in [-0.2, -0.15) is 0 Å². The van der Waals surface area contributed by atoms with Gasteiger partial charge in [0.05, 0.1) is 25.2 Å². The van der Waals surface area contributed by atoms with Crippen molar-refractivity contribution < 1.29 is 34.0 Å². The van der Waals surface area contributed by atoms with Crippen molar-refractivity contribution >= 4 is 12.4 Å². The van der Waals surface area contributed by atoms with Crippen LogP contribution in [-0.2, 0) is 25.4 Å². The summed E-state index contributed by atoms with van der Waals surface area (Å²) in [6.45, 7) is 7.28. The number of hydrogen-bond donors (Lipinski definition) is 2. The molecule has 1 aromatic carbocycles. The molecular weight excluding hydrogens is 328 g/mol. The summed E-state index contributed by atoms with van der Waals surface area (Å²) < 4.78 is 13.9. The second-order valence-electron chi connectivity index (χ2n) is 4.95. The Morgan fingerprint density at radius 2 is 1.88 bits per heavy atom. The van der Waals surface area contributed by atoms with E-state index in [1.54, 1.807) is 12.1 Å². The highest BCUT2D eigenvalue weighted by Gasteiger charge is 2.24. The summed E-state index contributed by atoms with van der Waals surface area (Å²) in [5.74, 6) is -1.22. The van der Waals surface area contributed by atoms with Gasteiger partial charge in [0.1, 0.15) is 0 Å². The SMILES string of the molecule is CCOCC.CCc1cc(C(=O)OC)ccc1C(CO)C(O)OC=O. The Morgan fingerprint density at radius 3 is 2.28 bits per heavy atom. The molecule has 2 atom stereocenters. The summed E-state index contributed by atoms with van der Waals surface area (Å²) in [4.78, 5) is 21.8. The monoisotopic (exact) mass is 356 g/mol. The van der Waals surface area contributed by atoms with Crippen LogP contribution in [0.15, 0.2) is 18.2 Å². The van der Waals surface area contributed by atoms with Gasteiger partial charge in [0.2, 0.25) is 6.29 Å². The molecule has 2 N–H and O–H groups in total. The second-order valence-corrected chi connectivity index (χ2v) is 4.95. The van der Waals surface area contributed by atoms with Crippen LogP contribution in [0.5, 0.6) is 0 Å². The Hall–Kier alpha value is -1.96. The molecule has 0 aliphatic rings. The number of methoxy groups -OCH3 is 1. The molecule has 7 heteroatoms. The van der Waals surface area contributed by atoms with Crippen LogP contribution in [0, 0.1) is 0 Å². The number of hydrogen-bond acceptors (Lipinski definition) is 7. The van der Waals surface area contributed by atoms with Crippen LogP contribution in [0.1, 0.15) is 48.2 Å². The highest BCUT2D eigenvalue weighted by molar-refractivity contribution is 5.89. The van der Waals surface area contributed by atoms with E-state index in [9.17, 15) is 19.8 Å². The minimum Gasteiger partial charge on any atom is -0.465 e. The summed E-state index contributed by atoms with van der Waals surface area (Å²) in [6.07, 6.45) is -0.850. The van der Waals surface area contributed by atoms with E-state index < -0.39 is 18.2 Å². The topological polar surface area (TPSA) is 102 Å². The Balaban J connectivity index is 0.00000101. The number of ether oxygens (including phenoxy) is 3. The van der Waals surface area contributed by atoms with Gasteiger partial charge in [0, 0.05) is 13.2 Å². The van der Waals surface area contributed by atoms with Crippen LogP contribution < -0.4 is 0 Å². The lowest BCUT2D eigenvalue weighted by Crippen LogP contribution is -2.25. The van der Waals surface area contributed by atoms with Gasteiger partial charge in [-0.05, 0) is 43.5 Å². The molecule has 0 aromatic heterocycles. The van der Waals surface area contributed by atoms with E-state index in [1.807, 2.05) is 20.8 Å². The molecule has 2 unspecified atom stereocenters. The molecule has 0 heterocycles. The molecule has 0 amide bonds. The van der Waals surface area contributed by atoms with Crippen molar-refractivity contribution in [2.45, 2.75) is 39.4 Å². The van der Waals surface area contributed by atoms with Gasteiger partial charge in [0.25, 0.3) is 6.47 Å². The highest BCUT2D eigenvalue weighted by Crippen LogP contribution is 2.25. The number of benzene rings is 1. The fourth-order valence-corrected chi connectivity index (χ4v) is 2.22. The van der Waals surface area contributed by atoms with Crippen molar-refractivity contribution in [3.05, 3.63) is 34.9 Å². The Morgan fingerprint density at radius 1 is 1.24 bits per heavy atom. The average molecular weight is 356 g/mol. The third-order valence-electron chi connectivity index (χ3n) is 3.49. The lowest BCUT2D eigenvalue weighted by molar-refractivity contribution is -0.157. The van der Waals surface area contributed by atoms with Crippen molar-refractivity contribution in [1.82, 2.24) is 0 Å². The van der Waals surface area contributed by atoms with Crippen molar-refractivity contribution in [3.63, 3.8) is 0 Å². The van der Waals surface area contributed by atoms with Crippen molar-refractivity contribution in [2.24, 2.45) is 0 Å². The van der Waals surface area contributed by atoms with Crippen LogP contribution in [-0.4, -0.2) is 55.9 Å². The van der Waals surface area contributed by atoms with Crippen molar-refractivity contribution in [1.29, 1.82) is 0 Å². The second kappa shape index (κ2) is 13.3. The molecular formula is C18H28O7. The third kappa shape index (κ3) is 7.64. The first-order valence-corrected chi connectivity index (χ1v) is 8.17. The first-order chi connectivity index (χ1) is 12.0.